The van der Waals surface area contributed by atoms with Crippen molar-refractivity contribution in [3.63, 3.8) is 0 Å². The summed E-state index contributed by atoms with van der Waals surface area (Å²) in [5.74, 6) is -4.38. The van der Waals surface area contributed by atoms with Crippen LogP contribution in [-0.2, 0) is 4.79 Å². The summed E-state index contributed by atoms with van der Waals surface area (Å²) in [6.45, 7) is 2.53. The molecule has 40 heavy (non-hydrogen) atoms. The number of methoxy groups -OCH3 is 1. The zero-order valence-corrected chi connectivity index (χ0v) is 22.2. The highest BCUT2D eigenvalue weighted by Gasteiger charge is 2.55. The van der Waals surface area contributed by atoms with Gasteiger partial charge in [-0.15, -0.1) is 0 Å². The molecule has 0 unspecified atom stereocenters. The summed E-state index contributed by atoms with van der Waals surface area (Å²) in [6, 6.07) is 4.29. The van der Waals surface area contributed by atoms with Crippen molar-refractivity contribution < 1.29 is 32.3 Å². The molecule has 0 radical (unpaired) electrons. The number of nitrogens with two attached hydrogens (primary N) is 1. The average molecular weight is 557 g/mol. The van der Waals surface area contributed by atoms with E-state index in [2.05, 4.69) is 22.5 Å². The van der Waals surface area contributed by atoms with E-state index in [9.17, 15) is 23.2 Å². The maximum Gasteiger partial charge on any atom is 0.269 e. The minimum Gasteiger partial charge on any atom is -0.496 e. The lowest BCUT2D eigenvalue weighted by molar-refractivity contribution is -0.127. The lowest BCUT2D eigenvalue weighted by Gasteiger charge is -2.39. The van der Waals surface area contributed by atoms with Crippen LogP contribution in [0, 0.1) is 29.0 Å². The average Bonchev–Trinajstić information content (AvgIpc) is 3.49. The van der Waals surface area contributed by atoms with E-state index in [4.69, 9.17) is 10.5 Å². The first-order chi connectivity index (χ1) is 19.0. The van der Waals surface area contributed by atoms with Crippen molar-refractivity contribution in [2.75, 3.05) is 13.7 Å². The topological polar surface area (TPSA) is 123 Å². The van der Waals surface area contributed by atoms with Crippen molar-refractivity contribution in [1.29, 1.82) is 0 Å². The molecule has 3 aliphatic rings. The van der Waals surface area contributed by atoms with Crippen molar-refractivity contribution in [3.8, 4) is 17.0 Å². The molecule has 4 N–H and O–H groups in total. The van der Waals surface area contributed by atoms with Gasteiger partial charge in [0.25, 0.3) is 12.0 Å². The summed E-state index contributed by atoms with van der Waals surface area (Å²) >= 11 is 0. The standard InChI is InChI=1S/C29H31F3N4O4/c1-29(5-3-6-29)13-35-28(39)23-16-8-15(9-17(16)25(31)32)24(23)36-27(38)19-11-18(20(30)12-22(19)40-2)21-10-14(26(33)37)4-7-34-21/h4,7,10-12,15-16,23-24H,3,5-6,8-9,13H2,1-2H3,(H2,33,37)(H,35,39)(H,36,38)/t15-,16+,23+,24-/m1/s1. The second-order valence-corrected chi connectivity index (χ2v) is 11.3. The number of halogens is 3. The number of primary amides is 1. The number of nitrogens with zero attached hydrogens (tertiary/aromatic N) is 1. The largest absolute Gasteiger partial charge is 0.496 e. The monoisotopic (exact) mass is 556 g/mol. The molecule has 11 heteroatoms. The first kappa shape index (κ1) is 27.7. The van der Waals surface area contributed by atoms with E-state index in [0.717, 1.165) is 25.3 Å². The van der Waals surface area contributed by atoms with Crippen LogP contribution in [0.3, 0.4) is 0 Å². The minimum absolute atomic E-state index is 0.00619. The summed E-state index contributed by atoms with van der Waals surface area (Å²) < 4.78 is 47.7. The van der Waals surface area contributed by atoms with Gasteiger partial charge in [0.15, 0.2) is 0 Å². The summed E-state index contributed by atoms with van der Waals surface area (Å²) in [4.78, 5) is 42.7. The maximum atomic E-state index is 15.0. The number of rotatable bonds is 8. The molecule has 0 spiro atoms. The molecule has 1 aromatic carbocycles. The Balaban J connectivity index is 1.43. The Hall–Kier alpha value is -3.89. The van der Waals surface area contributed by atoms with Crippen LogP contribution in [0.15, 0.2) is 42.1 Å². The van der Waals surface area contributed by atoms with E-state index in [-0.39, 0.29) is 57.4 Å². The fraction of sp³-hybridized carbons (Fsp3) is 0.448. The third-order valence-electron chi connectivity index (χ3n) is 8.76. The summed E-state index contributed by atoms with van der Waals surface area (Å²) in [5.41, 5.74) is 5.42. The Morgan fingerprint density at radius 1 is 1.20 bits per heavy atom. The Kier molecular flexibility index (Phi) is 7.32. The van der Waals surface area contributed by atoms with Crippen molar-refractivity contribution >= 4 is 17.7 Å². The van der Waals surface area contributed by atoms with Crippen LogP contribution < -0.4 is 21.1 Å². The Labute approximate surface area is 229 Å². The zero-order chi connectivity index (χ0) is 28.8. The van der Waals surface area contributed by atoms with Gasteiger partial charge in [-0.25, -0.2) is 4.39 Å². The van der Waals surface area contributed by atoms with Crippen molar-refractivity contribution in [1.82, 2.24) is 15.6 Å². The van der Waals surface area contributed by atoms with Crippen molar-refractivity contribution in [2.45, 2.75) is 45.1 Å². The molecule has 8 nitrogen and oxygen atoms in total. The Morgan fingerprint density at radius 3 is 2.58 bits per heavy atom. The molecule has 2 aromatic rings. The highest BCUT2D eigenvalue weighted by atomic mass is 19.3. The first-order valence-corrected chi connectivity index (χ1v) is 13.3. The van der Waals surface area contributed by atoms with Gasteiger partial charge in [-0.2, -0.15) is 8.78 Å². The number of aromatic nitrogens is 1. The summed E-state index contributed by atoms with van der Waals surface area (Å²) in [7, 11) is 1.28. The van der Waals surface area contributed by atoms with Gasteiger partial charge in [0.05, 0.1) is 24.3 Å². The van der Waals surface area contributed by atoms with Gasteiger partial charge in [-0.1, -0.05) is 13.3 Å². The normalized spacial score (nSPS) is 24.3. The van der Waals surface area contributed by atoms with E-state index in [0.29, 0.717) is 13.0 Å². The van der Waals surface area contributed by atoms with Crippen LogP contribution in [-0.4, -0.2) is 42.4 Å². The summed E-state index contributed by atoms with van der Waals surface area (Å²) in [6.07, 6.45) is 3.05. The maximum absolute atomic E-state index is 15.0. The van der Waals surface area contributed by atoms with E-state index < -0.39 is 41.6 Å². The van der Waals surface area contributed by atoms with Crippen molar-refractivity contribution in [3.05, 3.63) is 59.1 Å². The van der Waals surface area contributed by atoms with Gasteiger partial charge in [-0.05, 0) is 66.7 Å². The van der Waals surface area contributed by atoms with Gasteiger partial charge < -0.3 is 21.1 Å². The number of hydrogen-bond acceptors (Lipinski definition) is 5. The van der Waals surface area contributed by atoms with E-state index in [1.807, 2.05) is 0 Å². The number of benzene rings is 1. The van der Waals surface area contributed by atoms with Gasteiger partial charge in [0.2, 0.25) is 11.8 Å². The van der Waals surface area contributed by atoms with Crippen LogP contribution in [0.4, 0.5) is 13.2 Å². The Morgan fingerprint density at radius 2 is 1.95 bits per heavy atom. The fourth-order valence-corrected chi connectivity index (χ4v) is 6.37. The molecule has 2 bridgehead atoms. The van der Waals surface area contributed by atoms with Gasteiger partial charge in [0, 0.05) is 36.0 Å². The van der Waals surface area contributed by atoms with E-state index in [1.54, 1.807) is 0 Å². The quantitative estimate of drug-likeness (QED) is 0.450. The third-order valence-corrected chi connectivity index (χ3v) is 8.76. The lowest BCUT2D eigenvalue weighted by Crippen LogP contribution is -2.52. The number of hydrogen-bond donors (Lipinski definition) is 3. The minimum atomic E-state index is -1.77. The number of carbonyl (C=O) groups excluding carboxylic acids is 3. The number of carbonyl (C=O) groups is 3. The number of amides is 3. The molecule has 0 aliphatic heterocycles. The predicted molar refractivity (Wildman–Crippen MR) is 140 cm³/mol. The molecule has 212 valence electrons. The number of ether oxygens (including phenoxy) is 1. The number of allylic oxidation sites excluding steroid dienone is 1. The van der Waals surface area contributed by atoms with Crippen LogP contribution >= 0.6 is 0 Å². The molecule has 1 aromatic heterocycles. The molecule has 3 aliphatic carbocycles. The van der Waals surface area contributed by atoms with Gasteiger partial charge in [0.1, 0.15) is 11.6 Å². The van der Waals surface area contributed by atoms with Gasteiger partial charge in [-0.3, -0.25) is 19.4 Å². The molecule has 3 amide bonds. The van der Waals surface area contributed by atoms with Crippen molar-refractivity contribution in [2.24, 2.45) is 28.9 Å². The van der Waals surface area contributed by atoms with Crippen LogP contribution in [0.1, 0.15) is 59.7 Å². The molecule has 1 heterocycles. The van der Waals surface area contributed by atoms with Crippen LogP contribution in [0.2, 0.25) is 0 Å². The van der Waals surface area contributed by atoms with Crippen LogP contribution in [0.5, 0.6) is 5.75 Å². The second-order valence-electron chi connectivity index (χ2n) is 11.3. The number of pyridine rings is 1. The molecule has 3 saturated carbocycles. The SMILES string of the molecule is COc1cc(F)c(-c2cc(C(N)=O)ccn2)cc1C(=O)N[C@@H]1[C@H]2CC(=C(F)F)[C@H](C2)[C@@H]1C(=O)NCC1(C)CCC1. The third kappa shape index (κ3) is 5.04. The fourth-order valence-electron chi connectivity index (χ4n) is 6.37. The number of fused-ring (bicyclic) bond motifs is 2. The highest BCUT2D eigenvalue weighted by Crippen LogP contribution is 2.53. The predicted octanol–water partition coefficient (Wildman–Crippen LogP) is 4.21. The highest BCUT2D eigenvalue weighted by molar-refractivity contribution is 5.99. The smallest absolute Gasteiger partial charge is 0.269 e. The van der Waals surface area contributed by atoms with Gasteiger partial charge >= 0.3 is 0 Å². The molecule has 4 atom stereocenters. The lowest BCUT2D eigenvalue weighted by atomic mass is 9.70. The molecule has 0 saturated heterocycles. The van der Waals surface area contributed by atoms with Crippen LogP contribution in [0.25, 0.3) is 11.3 Å². The molecular formula is C29H31F3N4O4. The second kappa shape index (κ2) is 10.6. The van der Waals surface area contributed by atoms with E-state index >= 15 is 4.39 Å². The molecule has 3 fully saturated rings. The summed E-state index contributed by atoms with van der Waals surface area (Å²) in [5, 5.41) is 5.83. The molecular weight excluding hydrogens is 525 g/mol. The Bertz CT molecular complexity index is 1400. The molecule has 5 rings (SSSR count). The number of nitrogens with one attached hydrogen (secondary N) is 2. The zero-order valence-electron chi connectivity index (χ0n) is 22.2. The first-order valence-electron chi connectivity index (χ1n) is 13.3. The van der Waals surface area contributed by atoms with E-state index in [1.165, 1.54) is 31.5 Å².